The molecule has 2 heterocycles. The molecular formula is C22H20O7. The molecule has 0 spiro atoms. The first-order valence-corrected chi connectivity index (χ1v) is 9.20. The van der Waals surface area contributed by atoms with Gasteiger partial charge in [0.25, 0.3) is 0 Å². The lowest BCUT2D eigenvalue weighted by Crippen LogP contribution is -2.32. The van der Waals surface area contributed by atoms with Crippen molar-refractivity contribution < 1.29 is 28.2 Å². The van der Waals surface area contributed by atoms with Crippen LogP contribution in [0.2, 0.25) is 0 Å². The molecule has 1 aromatic heterocycles. The molecule has 0 unspecified atom stereocenters. The third-order valence-electron chi connectivity index (χ3n) is 4.94. The Labute approximate surface area is 166 Å². The lowest BCUT2D eigenvalue weighted by molar-refractivity contribution is -0.151. The van der Waals surface area contributed by atoms with E-state index < -0.39 is 23.6 Å². The zero-order valence-corrected chi connectivity index (χ0v) is 16.3. The molecule has 4 rings (SSSR count). The van der Waals surface area contributed by atoms with Gasteiger partial charge in [-0.25, -0.2) is 9.59 Å². The number of rotatable bonds is 5. The molecule has 0 saturated heterocycles. The molecule has 3 aromatic rings. The van der Waals surface area contributed by atoms with Gasteiger partial charge < -0.3 is 23.4 Å². The number of ether oxygens (including phenoxy) is 4. The predicted octanol–water partition coefficient (Wildman–Crippen LogP) is 3.27. The van der Waals surface area contributed by atoms with Gasteiger partial charge in [0.05, 0.1) is 37.7 Å². The number of carbonyl (C=O) groups excluding carboxylic acids is 1. The van der Waals surface area contributed by atoms with Crippen molar-refractivity contribution >= 4 is 16.9 Å². The van der Waals surface area contributed by atoms with E-state index in [1.54, 1.807) is 43.3 Å². The number of fused-ring (bicyclic) bond motifs is 3. The second kappa shape index (κ2) is 7.50. The third-order valence-corrected chi connectivity index (χ3v) is 4.94. The number of para-hydroxylation sites is 2. The fourth-order valence-corrected chi connectivity index (χ4v) is 3.76. The summed E-state index contributed by atoms with van der Waals surface area (Å²) in [6.45, 7) is 1.90. The maximum absolute atomic E-state index is 12.9. The van der Waals surface area contributed by atoms with Crippen LogP contribution in [-0.2, 0) is 9.53 Å². The molecule has 7 heteroatoms. The van der Waals surface area contributed by atoms with E-state index in [-0.39, 0.29) is 12.2 Å². The average molecular weight is 396 g/mol. The van der Waals surface area contributed by atoms with Crippen molar-refractivity contribution in [1.29, 1.82) is 0 Å². The molecule has 29 heavy (non-hydrogen) atoms. The van der Waals surface area contributed by atoms with Crippen LogP contribution in [-0.4, -0.2) is 32.9 Å². The zero-order valence-electron chi connectivity index (χ0n) is 16.3. The fraction of sp³-hybridized carbons (Fsp3) is 0.273. The molecule has 2 aromatic carbocycles. The molecule has 0 fully saturated rings. The van der Waals surface area contributed by atoms with Crippen molar-refractivity contribution in [2.45, 2.75) is 18.9 Å². The summed E-state index contributed by atoms with van der Waals surface area (Å²) >= 11 is 0. The Hall–Kier alpha value is -3.48. The molecule has 0 N–H and O–H groups in total. The van der Waals surface area contributed by atoms with Gasteiger partial charge in [-0.1, -0.05) is 24.3 Å². The third kappa shape index (κ3) is 2.99. The van der Waals surface area contributed by atoms with Gasteiger partial charge in [-0.3, -0.25) is 0 Å². The van der Waals surface area contributed by atoms with Gasteiger partial charge in [0.15, 0.2) is 11.5 Å². The highest BCUT2D eigenvalue weighted by atomic mass is 16.6. The van der Waals surface area contributed by atoms with Gasteiger partial charge in [-0.2, -0.15) is 0 Å². The van der Waals surface area contributed by atoms with E-state index >= 15 is 0 Å². The van der Waals surface area contributed by atoms with Crippen LogP contribution in [0.4, 0.5) is 0 Å². The van der Waals surface area contributed by atoms with Crippen LogP contribution in [0, 0.1) is 0 Å². The molecule has 0 bridgehead atoms. The Bertz CT molecular complexity index is 1130. The van der Waals surface area contributed by atoms with Gasteiger partial charge in [-0.15, -0.1) is 0 Å². The number of carbonyl (C=O) groups is 1. The van der Waals surface area contributed by atoms with Crippen LogP contribution >= 0.6 is 0 Å². The number of hydrogen-bond donors (Lipinski definition) is 0. The number of esters is 1. The van der Waals surface area contributed by atoms with Crippen molar-refractivity contribution in [2.24, 2.45) is 0 Å². The Morgan fingerprint density at radius 3 is 2.59 bits per heavy atom. The van der Waals surface area contributed by atoms with E-state index in [0.717, 1.165) is 0 Å². The molecular weight excluding hydrogens is 376 g/mol. The van der Waals surface area contributed by atoms with Crippen LogP contribution in [0.5, 0.6) is 17.2 Å². The second-order valence-corrected chi connectivity index (χ2v) is 6.48. The Balaban J connectivity index is 2.00. The Kier molecular flexibility index (Phi) is 4.88. The van der Waals surface area contributed by atoms with Gasteiger partial charge in [0, 0.05) is 5.56 Å². The molecule has 0 radical (unpaired) electrons. The van der Waals surface area contributed by atoms with E-state index in [4.69, 9.17) is 23.4 Å². The first-order chi connectivity index (χ1) is 14.1. The van der Waals surface area contributed by atoms with Crippen LogP contribution in [0.1, 0.15) is 24.0 Å². The number of methoxy groups -OCH3 is 2. The van der Waals surface area contributed by atoms with E-state index in [2.05, 4.69) is 0 Å². The quantitative estimate of drug-likeness (QED) is 0.483. The van der Waals surface area contributed by atoms with Crippen molar-refractivity contribution in [3.8, 4) is 17.2 Å². The largest absolute Gasteiger partial charge is 0.493 e. The highest BCUT2D eigenvalue weighted by molar-refractivity contribution is 5.88. The molecule has 150 valence electrons. The van der Waals surface area contributed by atoms with Crippen molar-refractivity contribution in [3.05, 3.63) is 64.0 Å². The van der Waals surface area contributed by atoms with Crippen molar-refractivity contribution in [1.82, 2.24) is 0 Å². The molecule has 2 atom stereocenters. The van der Waals surface area contributed by atoms with Crippen molar-refractivity contribution in [3.63, 3.8) is 0 Å². The van der Waals surface area contributed by atoms with E-state index in [1.165, 1.54) is 14.2 Å². The van der Waals surface area contributed by atoms with E-state index in [1.807, 2.05) is 6.07 Å². The topological polar surface area (TPSA) is 84.2 Å². The maximum Gasteiger partial charge on any atom is 0.348 e. The van der Waals surface area contributed by atoms with Crippen LogP contribution in [0.3, 0.4) is 0 Å². The van der Waals surface area contributed by atoms with E-state index in [9.17, 15) is 9.59 Å². The lowest BCUT2D eigenvalue weighted by atomic mass is 9.87. The molecule has 0 aliphatic carbocycles. The first kappa shape index (κ1) is 18.9. The van der Waals surface area contributed by atoms with E-state index in [0.29, 0.717) is 33.8 Å². The molecule has 1 aliphatic rings. The summed E-state index contributed by atoms with van der Waals surface area (Å²) in [5.74, 6) is -0.119. The average Bonchev–Trinajstić information content (AvgIpc) is 3.15. The summed E-state index contributed by atoms with van der Waals surface area (Å²) in [6.07, 6.45) is -1.06. The fourth-order valence-electron chi connectivity index (χ4n) is 3.76. The standard InChI is InChI=1S/C22H20O7/c1-4-27-22(24)20-16(13-9-7-11-15(25-2)18(13)26-3)17-19(29-20)12-8-5-6-10-14(12)28-21(17)23/h5-11,16,20H,4H2,1-3H3/t16-,20+/m0/s1. The zero-order chi connectivity index (χ0) is 20.5. The molecule has 1 aliphatic heterocycles. The highest BCUT2D eigenvalue weighted by Gasteiger charge is 2.46. The summed E-state index contributed by atoms with van der Waals surface area (Å²) < 4.78 is 27.7. The number of benzene rings is 2. The highest BCUT2D eigenvalue weighted by Crippen LogP contribution is 2.48. The molecule has 7 nitrogen and oxygen atoms in total. The summed E-state index contributed by atoms with van der Waals surface area (Å²) in [5.41, 5.74) is 0.650. The monoisotopic (exact) mass is 396 g/mol. The minimum absolute atomic E-state index is 0.187. The minimum atomic E-state index is -1.06. The van der Waals surface area contributed by atoms with Gasteiger partial charge in [0.1, 0.15) is 11.3 Å². The summed E-state index contributed by atoms with van der Waals surface area (Å²) in [5, 5.41) is 0.612. The lowest BCUT2D eigenvalue weighted by Gasteiger charge is -2.20. The predicted molar refractivity (Wildman–Crippen MR) is 105 cm³/mol. The maximum atomic E-state index is 12.9. The first-order valence-electron chi connectivity index (χ1n) is 9.20. The van der Waals surface area contributed by atoms with Gasteiger partial charge in [0.2, 0.25) is 6.10 Å². The Morgan fingerprint density at radius 2 is 1.86 bits per heavy atom. The molecule has 0 amide bonds. The smallest absolute Gasteiger partial charge is 0.348 e. The summed E-state index contributed by atoms with van der Waals surface area (Å²) in [4.78, 5) is 25.7. The Morgan fingerprint density at radius 1 is 1.07 bits per heavy atom. The van der Waals surface area contributed by atoms with Crippen LogP contribution in [0.25, 0.3) is 11.0 Å². The van der Waals surface area contributed by atoms with Crippen LogP contribution in [0.15, 0.2) is 51.7 Å². The molecule has 0 saturated carbocycles. The summed E-state index contributed by atoms with van der Waals surface area (Å²) in [7, 11) is 3.02. The minimum Gasteiger partial charge on any atom is -0.493 e. The number of hydrogen-bond acceptors (Lipinski definition) is 7. The normalized spacial score (nSPS) is 17.5. The SMILES string of the molecule is CCOC(=O)[C@@H]1Oc2c(c(=O)oc3ccccc23)[C@@H]1c1cccc(OC)c1OC. The summed E-state index contributed by atoms with van der Waals surface area (Å²) in [6, 6.07) is 12.3. The van der Waals surface area contributed by atoms with Crippen molar-refractivity contribution in [2.75, 3.05) is 20.8 Å². The van der Waals surface area contributed by atoms with Crippen LogP contribution < -0.4 is 19.8 Å². The second-order valence-electron chi connectivity index (χ2n) is 6.48. The van der Waals surface area contributed by atoms with Gasteiger partial charge >= 0.3 is 11.6 Å². The van der Waals surface area contributed by atoms with Gasteiger partial charge in [-0.05, 0) is 25.1 Å².